The van der Waals surface area contributed by atoms with Gasteiger partial charge in [-0.25, -0.2) is 28.0 Å². The van der Waals surface area contributed by atoms with E-state index < -0.39 is 65.6 Å². The van der Waals surface area contributed by atoms with Gasteiger partial charge in [0.2, 0.25) is 5.75 Å². The molecule has 44 heavy (non-hydrogen) atoms. The molecular formula is C32H28F2N3O7+. The van der Waals surface area contributed by atoms with Gasteiger partial charge < -0.3 is 14.2 Å². The first kappa shape index (κ1) is 30.3. The van der Waals surface area contributed by atoms with Crippen LogP contribution in [0.4, 0.5) is 13.6 Å². The summed E-state index contributed by atoms with van der Waals surface area (Å²) in [7, 11) is 1.22. The molecular weight excluding hydrogens is 576 g/mol. The number of nitriles is 1. The molecule has 2 heterocycles. The summed E-state index contributed by atoms with van der Waals surface area (Å²) in [5.41, 5.74) is 0.0102. The third kappa shape index (κ3) is 5.87. The number of ether oxygens (including phenoxy) is 3. The molecule has 2 atom stereocenters. The van der Waals surface area contributed by atoms with Gasteiger partial charge in [-0.15, -0.1) is 0 Å². The Morgan fingerprint density at radius 2 is 1.50 bits per heavy atom. The third-order valence-electron chi connectivity index (χ3n) is 7.67. The van der Waals surface area contributed by atoms with Gasteiger partial charge in [-0.3, -0.25) is 4.90 Å². The Morgan fingerprint density at radius 3 is 2.05 bits per heavy atom. The number of nitrogens with zero attached hydrogens (tertiary/aromatic N) is 3. The molecule has 0 bridgehead atoms. The van der Waals surface area contributed by atoms with Gasteiger partial charge in [-0.2, -0.15) is 9.74 Å². The molecule has 226 valence electrons. The van der Waals surface area contributed by atoms with Crippen molar-refractivity contribution in [1.82, 2.24) is 4.90 Å². The number of quaternary nitrogens is 1. The van der Waals surface area contributed by atoms with Gasteiger partial charge in [0, 0.05) is 18.7 Å². The van der Waals surface area contributed by atoms with Crippen LogP contribution in [0.1, 0.15) is 50.3 Å². The van der Waals surface area contributed by atoms with Crippen LogP contribution < -0.4 is 14.2 Å². The lowest BCUT2D eigenvalue weighted by Crippen LogP contribution is -2.61. The van der Waals surface area contributed by atoms with Crippen molar-refractivity contribution in [3.8, 4) is 23.3 Å². The molecule has 0 saturated carbocycles. The summed E-state index contributed by atoms with van der Waals surface area (Å²) in [5.74, 6) is -6.99. The highest BCUT2D eigenvalue weighted by Crippen LogP contribution is 2.43. The molecule has 12 heteroatoms. The van der Waals surface area contributed by atoms with E-state index in [-0.39, 0.29) is 34.7 Å². The smallest absolute Gasteiger partial charge is 0.428 e. The minimum Gasteiger partial charge on any atom is -0.493 e. The molecule has 0 N–H and O–H groups in total. The monoisotopic (exact) mass is 604 g/mol. The van der Waals surface area contributed by atoms with Crippen molar-refractivity contribution in [3.05, 3.63) is 89.5 Å². The summed E-state index contributed by atoms with van der Waals surface area (Å²) in [6.45, 7) is -1.47. The highest BCUT2D eigenvalue weighted by molar-refractivity contribution is 5.99. The van der Waals surface area contributed by atoms with Gasteiger partial charge in [0.25, 0.3) is 0 Å². The van der Waals surface area contributed by atoms with Crippen molar-refractivity contribution in [1.29, 1.82) is 5.26 Å². The van der Waals surface area contributed by atoms with Crippen molar-refractivity contribution < 1.29 is 46.7 Å². The summed E-state index contributed by atoms with van der Waals surface area (Å²) < 4.78 is 44.8. The number of halogens is 2. The van der Waals surface area contributed by atoms with Crippen LogP contribution in [0.3, 0.4) is 0 Å². The molecule has 3 aromatic rings. The SMILES string of the molecule is COc1cc(C(=O)[N@+]2(C(=O)N3CCC[C@H]3C#N)CCC(F)(F)C2)cc(OC(=O)c2ccccc2)c1OC(=O)c1ccccc1. The number of amides is 3. The first-order valence-electron chi connectivity index (χ1n) is 13.9. The Balaban J connectivity index is 1.60. The maximum atomic E-state index is 14.7. The second-order valence-corrected chi connectivity index (χ2v) is 10.5. The Bertz CT molecular complexity index is 1640. The molecule has 0 unspecified atom stereocenters. The number of urea groups is 1. The minimum atomic E-state index is -3.33. The molecule has 0 aromatic heterocycles. The molecule has 2 aliphatic rings. The van der Waals surface area contributed by atoms with Crippen molar-refractivity contribution in [2.45, 2.75) is 31.2 Å². The molecule has 2 fully saturated rings. The van der Waals surface area contributed by atoms with E-state index in [1.165, 1.54) is 36.3 Å². The number of imide groups is 1. The van der Waals surface area contributed by atoms with Crippen LogP contribution >= 0.6 is 0 Å². The van der Waals surface area contributed by atoms with Gasteiger partial charge in [0.1, 0.15) is 12.6 Å². The number of hydrogen-bond donors (Lipinski definition) is 0. The Morgan fingerprint density at radius 1 is 0.909 bits per heavy atom. The predicted molar refractivity (Wildman–Crippen MR) is 150 cm³/mol. The van der Waals surface area contributed by atoms with Crippen molar-refractivity contribution >= 4 is 23.9 Å². The van der Waals surface area contributed by atoms with Crippen molar-refractivity contribution in [2.24, 2.45) is 0 Å². The summed E-state index contributed by atoms with van der Waals surface area (Å²) in [6.07, 6.45) is 0.125. The Hall–Kier alpha value is -5.15. The van der Waals surface area contributed by atoms with Crippen LogP contribution in [0.15, 0.2) is 72.8 Å². The van der Waals surface area contributed by atoms with E-state index in [9.17, 15) is 33.2 Å². The van der Waals surface area contributed by atoms with Gasteiger partial charge >= 0.3 is 29.8 Å². The van der Waals surface area contributed by atoms with E-state index in [1.807, 2.05) is 6.07 Å². The highest BCUT2D eigenvalue weighted by Gasteiger charge is 2.61. The zero-order chi connectivity index (χ0) is 31.5. The van der Waals surface area contributed by atoms with Gasteiger partial charge in [0.15, 0.2) is 18.0 Å². The molecule has 0 aliphatic carbocycles. The average molecular weight is 605 g/mol. The molecule has 3 amide bonds. The Labute approximate surface area is 251 Å². The number of rotatable bonds is 6. The fourth-order valence-corrected chi connectivity index (χ4v) is 5.44. The van der Waals surface area contributed by atoms with Gasteiger partial charge in [-0.05, 0) is 37.1 Å². The standard InChI is InChI=1S/C32H28F2N3O7/c1-42-25-17-23(28(38)37(16-14-32(33,34)20-37)31(41)36-15-8-13-24(36)19-35)18-26(43-29(39)21-9-4-2-5-10-21)27(25)44-30(40)22-11-6-3-7-12-22/h2-7,9-12,17-18,24H,8,13-16,20H2,1H3/q+1/t24-,37-/m0/s1. The summed E-state index contributed by atoms with van der Waals surface area (Å²) in [5, 5.41) is 9.55. The zero-order valence-electron chi connectivity index (χ0n) is 23.7. The molecule has 2 aliphatic heterocycles. The number of benzene rings is 3. The fraction of sp³-hybridized carbons (Fsp3) is 0.281. The normalized spacial score (nSPS) is 20.4. The quantitative estimate of drug-likeness (QED) is 0.213. The van der Waals surface area contributed by atoms with Crippen LogP contribution in [-0.4, -0.2) is 72.0 Å². The molecule has 10 nitrogen and oxygen atoms in total. The van der Waals surface area contributed by atoms with Crippen LogP contribution in [0.25, 0.3) is 0 Å². The highest BCUT2D eigenvalue weighted by atomic mass is 19.3. The lowest BCUT2D eigenvalue weighted by molar-refractivity contribution is -0.762. The first-order valence-corrected chi connectivity index (χ1v) is 13.9. The van der Waals surface area contributed by atoms with E-state index in [4.69, 9.17) is 14.2 Å². The zero-order valence-corrected chi connectivity index (χ0v) is 23.7. The van der Waals surface area contributed by atoms with Crippen LogP contribution in [0, 0.1) is 11.3 Å². The topological polar surface area (TPSA) is 123 Å². The number of esters is 2. The second-order valence-electron chi connectivity index (χ2n) is 10.5. The van der Waals surface area contributed by atoms with Crippen LogP contribution in [0.5, 0.6) is 17.2 Å². The lowest BCUT2D eigenvalue weighted by atomic mass is 10.1. The summed E-state index contributed by atoms with van der Waals surface area (Å²) >= 11 is 0. The van der Waals surface area contributed by atoms with Crippen LogP contribution in [0.2, 0.25) is 0 Å². The van der Waals surface area contributed by atoms with Gasteiger partial charge in [0.05, 0.1) is 36.3 Å². The van der Waals surface area contributed by atoms with Crippen molar-refractivity contribution in [2.75, 3.05) is 26.7 Å². The van der Waals surface area contributed by atoms with E-state index in [0.29, 0.717) is 12.8 Å². The number of methoxy groups -OCH3 is 1. The molecule has 2 saturated heterocycles. The lowest BCUT2D eigenvalue weighted by Gasteiger charge is -2.33. The molecule has 0 spiro atoms. The Kier molecular flexibility index (Phi) is 8.42. The number of carbonyl (C=O) groups excluding carboxylic acids is 4. The molecule has 0 radical (unpaired) electrons. The number of hydrogen-bond acceptors (Lipinski definition) is 8. The van der Waals surface area contributed by atoms with Gasteiger partial charge in [-0.1, -0.05) is 36.4 Å². The minimum absolute atomic E-state index is 0.137. The number of alkyl halides is 2. The average Bonchev–Trinajstić information content (AvgIpc) is 3.66. The largest absolute Gasteiger partial charge is 0.493 e. The second kappa shape index (κ2) is 12.2. The first-order chi connectivity index (χ1) is 21.1. The third-order valence-corrected chi connectivity index (χ3v) is 7.67. The van der Waals surface area contributed by atoms with E-state index in [1.54, 1.807) is 36.4 Å². The van der Waals surface area contributed by atoms with Crippen molar-refractivity contribution in [3.63, 3.8) is 0 Å². The molecule has 3 aromatic carbocycles. The van der Waals surface area contributed by atoms with Crippen LogP contribution in [-0.2, 0) is 0 Å². The van der Waals surface area contributed by atoms with E-state index >= 15 is 0 Å². The molecule has 5 rings (SSSR count). The van der Waals surface area contributed by atoms with E-state index in [2.05, 4.69) is 0 Å². The van der Waals surface area contributed by atoms with E-state index in [0.717, 1.165) is 12.1 Å². The maximum absolute atomic E-state index is 14.7. The summed E-state index contributed by atoms with van der Waals surface area (Å²) in [6, 6.07) is 18.3. The number of likely N-dealkylation sites (tertiary alicyclic amines) is 2. The maximum Gasteiger partial charge on any atom is 0.428 e. The fourth-order valence-electron chi connectivity index (χ4n) is 5.44. The number of carbonyl (C=O) groups is 4. The summed E-state index contributed by atoms with van der Waals surface area (Å²) in [4.78, 5) is 55.2. The predicted octanol–water partition coefficient (Wildman–Crippen LogP) is 5.24.